The van der Waals surface area contributed by atoms with Crippen molar-refractivity contribution < 1.29 is 0 Å². The van der Waals surface area contributed by atoms with Crippen molar-refractivity contribution >= 4 is 39.8 Å². The van der Waals surface area contributed by atoms with Crippen molar-refractivity contribution in [3.8, 4) is 11.1 Å². The predicted octanol–water partition coefficient (Wildman–Crippen LogP) is 5.55. The summed E-state index contributed by atoms with van der Waals surface area (Å²) in [4.78, 5) is 4.55. The van der Waals surface area contributed by atoms with Gasteiger partial charge in [-0.15, -0.1) is 0 Å². The lowest BCUT2D eigenvalue weighted by Crippen LogP contribution is -1.99. The number of halogens is 2. The number of benzene rings is 2. The fraction of sp³-hybridized carbons (Fsp3) is 0.100. The number of anilines is 1. The summed E-state index contributed by atoms with van der Waals surface area (Å²) < 4.78 is 1.79. The van der Waals surface area contributed by atoms with Crippen LogP contribution in [0.15, 0.2) is 61.1 Å². The van der Waals surface area contributed by atoms with Crippen LogP contribution in [0.25, 0.3) is 22.0 Å². The Hall–Kier alpha value is -2.56. The summed E-state index contributed by atoms with van der Waals surface area (Å²) in [6.45, 7) is 0.640. The summed E-state index contributed by atoms with van der Waals surface area (Å²) >= 11 is 12.1. The number of fused-ring (bicyclic) bond motifs is 1. The SMILES string of the molecule is Cn1cc(-c2cnc3ccc(NCc4cc(Cl)cc(Cl)c4)cc3c2)cn1. The zero-order valence-corrected chi connectivity index (χ0v) is 15.6. The van der Waals surface area contributed by atoms with Gasteiger partial charge in [-0.2, -0.15) is 5.10 Å². The van der Waals surface area contributed by atoms with Gasteiger partial charge in [0.2, 0.25) is 0 Å². The molecule has 2 heterocycles. The molecule has 6 heteroatoms. The summed E-state index contributed by atoms with van der Waals surface area (Å²) in [5.41, 5.74) is 5.09. The van der Waals surface area contributed by atoms with Gasteiger partial charge in [-0.1, -0.05) is 23.2 Å². The Balaban J connectivity index is 1.59. The van der Waals surface area contributed by atoms with Crippen molar-refractivity contribution in [3.05, 3.63) is 76.7 Å². The molecule has 0 amide bonds. The van der Waals surface area contributed by atoms with Crippen molar-refractivity contribution in [2.24, 2.45) is 7.05 Å². The molecule has 0 atom stereocenters. The zero-order chi connectivity index (χ0) is 18.1. The number of hydrogen-bond donors (Lipinski definition) is 1. The van der Waals surface area contributed by atoms with E-state index >= 15 is 0 Å². The van der Waals surface area contributed by atoms with Gasteiger partial charge in [0.25, 0.3) is 0 Å². The molecular weight excluding hydrogens is 367 g/mol. The van der Waals surface area contributed by atoms with E-state index in [1.54, 1.807) is 10.7 Å². The average Bonchev–Trinajstić information content (AvgIpc) is 3.05. The zero-order valence-electron chi connectivity index (χ0n) is 14.1. The normalized spacial score (nSPS) is 11.0. The fourth-order valence-corrected chi connectivity index (χ4v) is 3.46. The Labute approximate surface area is 161 Å². The Bertz CT molecular complexity index is 1070. The molecule has 0 unspecified atom stereocenters. The van der Waals surface area contributed by atoms with E-state index in [1.807, 2.05) is 49.9 Å². The summed E-state index contributed by atoms with van der Waals surface area (Å²) in [6, 6.07) is 13.8. The molecule has 0 spiro atoms. The van der Waals surface area contributed by atoms with Gasteiger partial charge in [-0.05, 0) is 48.0 Å². The number of nitrogens with one attached hydrogen (secondary N) is 1. The fourth-order valence-electron chi connectivity index (χ4n) is 2.89. The van der Waals surface area contributed by atoms with Gasteiger partial charge in [0.15, 0.2) is 0 Å². The lowest BCUT2D eigenvalue weighted by Gasteiger charge is -2.09. The van der Waals surface area contributed by atoms with Crippen LogP contribution in [0.3, 0.4) is 0 Å². The molecule has 26 heavy (non-hydrogen) atoms. The lowest BCUT2D eigenvalue weighted by atomic mass is 10.1. The highest BCUT2D eigenvalue weighted by molar-refractivity contribution is 6.34. The summed E-state index contributed by atoms with van der Waals surface area (Å²) in [5.74, 6) is 0. The van der Waals surface area contributed by atoms with Gasteiger partial charge in [0, 0.05) is 58.2 Å². The van der Waals surface area contributed by atoms with Crippen molar-refractivity contribution in [2.45, 2.75) is 6.54 Å². The van der Waals surface area contributed by atoms with E-state index in [2.05, 4.69) is 27.5 Å². The standard InChI is InChI=1S/C20H16Cl2N4/c1-26-12-16(11-25-26)15-6-14-7-19(2-3-20(14)24-10-15)23-9-13-4-17(21)8-18(22)5-13/h2-8,10-12,23H,9H2,1H3. The van der Waals surface area contributed by atoms with E-state index in [0.29, 0.717) is 16.6 Å². The third-order valence-electron chi connectivity index (χ3n) is 4.14. The second-order valence-electron chi connectivity index (χ2n) is 6.17. The Kier molecular flexibility index (Phi) is 4.53. The number of rotatable bonds is 4. The molecule has 4 nitrogen and oxygen atoms in total. The Morgan fingerprint density at radius 2 is 1.77 bits per heavy atom. The minimum atomic E-state index is 0.637. The maximum atomic E-state index is 6.06. The maximum absolute atomic E-state index is 6.06. The highest BCUT2D eigenvalue weighted by Gasteiger charge is 2.05. The predicted molar refractivity (Wildman–Crippen MR) is 108 cm³/mol. The number of aromatic nitrogens is 3. The second kappa shape index (κ2) is 6.98. The van der Waals surface area contributed by atoms with E-state index in [9.17, 15) is 0 Å². The van der Waals surface area contributed by atoms with Crippen molar-refractivity contribution in [1.82, 2.24) is 14.8 Å². The van der Waals surface area contributed by atoms with Crippen molar-refractivity contribution in [3.63, 3.8) is 0 Å². The van der Waals surface area contributed by atoms with Crippen LogP contribution in [-0.2, 0) is 13.6 Å². The molecule has 4 rings (SSSR count). The monoisotopic (exact) mass is 382 g/mol. The molecule has 0 radical (unpaired) electrons. The average molecular weight is 383 g/mol. The van der Waals surface area contributed by atoms with Gasteiger partial charge in [0.05, 0.1) is 11.7 Å². The first-order valence-corrected chi connectivity index (χ1v) is 8.90. The number of pyridine rings is 1. The van der Waals surface area contributed by atoms with E-state index < -0.39 is 0 Å². The smallest absolute Gasteiger partial charge is 0.0703 e. The third-order valence-corrected chi connectivity index (χ3v) is 4.57. The minimum absolute atomic E-state index is 0.637. The van der Waals surface area contributed by atoms with E-state index in [0.717, 1.165) is 33.3 Å². The van der Waals surface area contributed by atoms with E-state index in [-0.39, 0.29) is 0 Å². The van der Waals surface area contributed by atoms with Crippen molar-refractivity contribution in [1.29, 1.82) is 0 Å². The second-order valence-corrected chi connectivity index (χ2v) is 7.04. The third kappa shape index (κ3) is 3.66. The quantitative estimate of drug-likeness (QED) is 0.502. The van der Waals surface area contributed by atoms with Crippen LogP contribution in [0.1, 0.15) is 5.56 Å². The number of hydrogen-bond acceptors (Lipinski definition) is 3. The molecule has 0 aliphatic rings. The van der Waals surface area contributed by atoms with Crippen LogP contribution in [-0.4, -0.2) is 14.8 Å². The summed E-state index contributed by atoms with van der Waals surface area (Å²) in [5, 5.41) is 9.98. The number of nitrogens with zero attached hydrogens (tertiary/aromatic N) is 3. The van der Waals surface area contributed by atoms with Crippen LogP contribution >= 0.6 is 23.2 Å². The summed E-state index contributed by atoms with van der Waals surface area (Å²) in [7, 11) is 1.90. The van der Waals surface area contributed by atoms with Gasteiger partial charge in [-0.25, -0.2) is 0 Å². The van der Waals surface area contributed by atoms with Crippen LogP contribution in [0.5, 0.6) is 0 Å². The molecule has 4 aromatic rings. The molecule has 2 aromatic carbocycles. The molecule has 0 fully saturated rings. The van der Waals surface area contributed by atoms with E-state index in [4.69, 9.17) is 23.2 Å². The van der Waals surface area contributed by atoms with Gasteiger partial charge in [0.1, 0.15) is 0 Å². The van der Waals surface area contributed by atoms with Crippen molar-refractivity contribution in [2.75, 3.05) is 5.32 Å². The molecule has 0 aliphatic heterocycles. The van der Waals surface area contributed by atoms with Gasteiger partial charge in [-0.3, -0.25) is 9.67 Å². The molecule has 0 bridgehead atoms. The number of aryl methyl sites for hydroxylation is 1. The van der Waals surface area contributed by atoms with Gasteiger partial charge >= 0.3 is 0 Å². The molecule has 2 aromatic heterocycles. The molecule has 0 saturated carbocycles. The van der Waals surface area contributed by atoms with E-state index in [1.165, 1.54) is 0 Å². The minimum Gasteiger partial charge on any atom is -0.381 e. The molecule has 130 valence electrons. The Morgan fingerprint density at radius 3 is 2.50 bits per heavy atom. The topological polar surface area (TPSA) is 42.7 Å². The highest BCUT2D eigenvalue weighted by atomic mass is 35.5. The lowest BCUT2D eigenvalue weighted by molar-refractivity contribution is 0.768. The van der Waals surface area contributed by atoms with Crippen LogP contribution in [0.4, 0.5) is 5.69 Å². The van der Waals surface area contributed by atoms with Crippen LogP contribution < -0.4 is 5.32 Å². The Morgan fingerprint density at radius 1 is 0.962 bits per heavy atom. The molecule has 0 aliphatic carbocycles. The first-order valence-electron chi connectivity index (χ1n) is 8.14. The molecular formula is C20H16Cl2N4. The largest absolute Gasteiger partial charge is 0.381 e. The van der Waals surface area contributed by atoms with Crippen LogP contribution in [0.2, 0.25) is 10.0 Å². The van der Waals surface area contributed by atoms with Gasteiger partial charge < -0.3 is 5.32 Å². The highest BCUT2D eigenvalue weighted by Crippen LogP contribution is 2.25. The van der Waals surface area contributed by atoms with Crippen LogP contribution in [0, 0.1) is 0 Å². The molecule has 0 saturated heterocycles. The molecule has 1 N–H and O–H groups in total. The first-order chi connectivity index (χ1) is 12.6. The maximum Gasteiger partial charge on any atom is 0.0703 e. The summed E-state index contributed by atoms with van der Waals surface area (Å²) in [6.07, 6.45) is 5.70. The first kappa shape index (κ1) is 16.9.